The molecule has 0 radical (unpaired) electrons. The second-order valence-corrected chi connectivity index (χ2v) is 3.72. The number of esters is 1. The second-order valence-electron chi connectivity index (χ2n) is 3.72. The third-order valence-electron chi connectivity index (χ3n) is 2.22. The summed E-state index contributed by atoms with van der Waals surface area (Å²) in [5.74, 6) is -0.401. The van der Waals surface area contributed by atoms with Crippen LogP contribution in [0.2, 0.25) is 0 Å². The Kier molecular flexibility index (Phi) is 3.86. The highest BCUT2D eigenvalue weighted by Gasteiger charge is 2.13. The van der Waals surface area contributed by atoms with E-state index in [1.807, 2.05) is 32.0 Å². The van der Waals surface area contributed by atoms with Crippen molar-refractivity contribution in [2.45, 2.75) is 26.4 Å². The van der Waals surface area contributed by atoms with Crippen LogP contribution in [0.3, 0.4) is 0 Å². The Morgan fingerprint density at radius 3 is 2.33 bits per heavy atom. The number of hydrogen-bond donors (Lipinski definition) is 1. The number of benzene rings is 1. The zero-order valence-electron chi connectivity index (χ0n) is 9.28. The molecule has 0 aromatic heterocycles. The number of aliphatic hydroxyl groups excluding tert-OH is 1. The van der Waals surface area contributed by atoms with Gasteiger partial charge in [-0.1, -0.05) is 29.3 Å². The topological polar surface area (TPSA) is 46.5 Å². The number of rotatable bonds is 3. The van der Waals surface area contributed by atoms with E-state index < -0.39 is 12.1 Å². The molecule has 1 aromatic carbocycles. The summed E-state index contributed by atoms with van der Waals surface area (Å²) in [6, 6.07) is 5.77. The van der Waals surface area contributed by atoms with Crippen LogP contribution in [0.1, 0.15) is 29.2 Å². The third-order valence-corrected chi connectivity index (χ3v) is 2.22. The fourth-order valence-electron chi connectivity index (χ4n) is 1.56. The maximum Gasteiger partial charge on any atom is 0.308 e. The van der Waals surface area contributed by atoms with Crippen molar-refractivity contribution < 1.29 is 14.6 Å². The van der Waals surface area contributed by atoms with E-state index >= 15 is 0 Å². The molecular formula is C12H16O3. The van der Waals surface area contributed by atoms with E-state index in [2.05, 4.69) is 4.74 Å². The highest BCUT2D eigenvalue weighted by molar-refractivity contribution is 5.70. The number of hydrogen-bond acceptors (Lipinski definition) is 3. The predicted octanol–water partition coefficient (Wildman–Crippen LogP) is 1.90. The van der Waals surface area contributed by atoms with Gasteiger partial charge >= 0.3 is 5.97 Å². The van der Waals surface area contributed by atoms with Gasteiger partial charge in [0.2, 0.25) is 0 Å². The lowest BCUT2D eigenvalue weighted by Crippen LogP contribution is -2.08. The first-order valence-corrected chi connectivity index (χ1v) is 4.86. The van der Waals surface area contributed by atoms with E-state index in [-0.39, 0.29) is 6.42 Å². The molecule has 1 rings (SSSR count). The molecule has 3 heteroatoms. The molecule has 0 saturated carbocycles. The lowest BCUT2D eigenvalue weighted by atomic mass is 10.0. The molecule has 1 aromatic rings. The van der Waals surface area contributed by atoms with E-state index in [1.54, 1.807) is 0 Å². The summed E-state index contributed by atoms with van der Waals surface area (Å²) in [6.45, 7) is 3.92. The zero-order chi connectivity index (χ0) is 11.4. The van der Waals surface area contributed by atoms with Gasteiger partial charge in [-0.05, 0) is 19.4 Å². The molecule has 82 valence electrons. The van der Waals surface area contributed by atoms with E-state index in [1.165, 1.54) is 7.11 Å². The largest absolute Gasteiger partial charge is 0.469 e. The molecule has 0 heterocycles. The van der Waals surface area contributed by atoms with E-state index in [9.17, 15) is 9.90 Å². The summed E-state index contributed by atoms with van der Waals surface area (Å²) in [7, 11) is 1.32. The Balaban J connectivity index is 2.81. The fraction of sp³-hybridized carbons (Fsp3) is 0.417. The standard InChI is InChI=1S/C12H16O3/c1-8-4-9(2)6-10(5-8)11(13)7-12(14)15-3/h4-6,11,13H,7H2,1-3H3/t11-/m0/s1. The molecule has 15 heavy (non-hydrogen) atoms. The van der Waals surface area contributed by atoms with Gasteiger partial charge in [-0.25, -0.2) is 0 Å². The Morgan fingerprint density at radius 1 is 1.33 bits per heavy atom. The predicted molar refractivity (Wildman–Crippen MR) is 57.5 cm³/mol. The van der Waals surface area contributed by atoms with Gasteiger partial charge < -0.3 is 9.84 Å². The molecule has 1 atom stereocenters. The van der Waals surface area contributed by atoms with Crippen molar-refractivity contribution in [3.8, 4) is 0 Å². The molecule has 0 aliphatic carbocycles. The van der Waals surface area contributed by atoms with Crippen LogP contribution < -0.4 is 0 Å². The van der Waals surface area contributed by atoms with Crippen LogP contribution >= 0.6 is 0 Å². The molecule has 0 bridgehead atoms. The fourth-order valence-corrected chi connectivity index (χ4v) is 1.56. The van der Waals surface area contributed by atoms with Crippen LogP contribution in [0.5, 0.6) is 0 Å². The summed E-state index contributed by atoms with van der Waals surface area (Å²) in [4.78, 5) is 11.0. The van der Waals surface area contributed by atoms with Crippen LogP contribution in [-0.2, 0) is 9.53 Å². The van der Waals surface area contributed by atoms with Gasteiger partial charge in [0.05, 0.1) is 19.6 Å². The molecule has 0 aliphatic rings. The Morgan fingerprint density at radius 2 is 1.87 bits per heavy atom. The smallest absolute Gasteiger partial charge is 0.308 e. The van der Waals surface area contributed by atoms with Crippen LogP contribution in [0, 0.1) is 13.8 Å². The first-order chi connectivity index (χ1) is 7.02. The van der Waals surface area contributed by atoms with Crippen molar-refractivity contribution in [2.75, 3.05) is 7.11 Å². The molecule has 0 amide bonds. The van der Waals surface area contributed by atoms with Gasteiger partial charge in [-0.2, -0.15) is 0 Å². The normalized spacial score (nSPS) is 12.3. The van der Waals surface area contributed by atoms with Crippen LogP contribution in [0.4, 0.5) is 0 Å². The molecular weight excluding hydrogens is 192 g/mol. The first kappa shape index (κ1) is 11.7. The number of aliphatic hydroxyl groups is 1. The van der Waals surface area contributed by atoms with Crippen molar-refractivity contribution in [2.24, 2.45) is 0 Å². The van der Waals surface area contributed by atoms with Crippen molar-refractivity contribution in [1.29, 1.82) is 0 Å². The Bertz CT molecular complexity index is 338. The number of carbonyl (C=O) groups excluding carboxylic acids is 1. The van der Waals surface area contributed by atoms with Crippen LogP contribution in [0.25, 0.3) is 0 Å². The molecule has 1 N–H and O–H groups in total. The maximum absolute atomic E-state index is 11.0. The second kappa shape index (κ2) is 4.94. The van der Waals surface area contributed by atoms with Gasteiger partial charge in [-0.3, -0.25) is 4.79 Å². The van der Waals surface area contributed by atoms with Crippen molar-refractivity contribution in [3.05, 3.63) is 34.9 Å². The van der Waals surface area contributed by atoms with Gasteiger partial charge in [-0.15, -0.1) is 0 Å². The van der Waals surface area contributed by atoms with Gasteiger partial charge in [0.15, 0.2) is 0 Å². The number of aryl methyl sites for hydroxylation is 2. The van der Waals surface area contributed by atoms with E-state index in [0.29, 0.717) is 0 Å². The lowest BCUT2D eigenvalue weighted by molar-refractivity contribution is -0.142. The van der Waals surface area contributed by atoms with Gasteiger partial charge in [0.25, 0.3) is 0 Å². The summed E-state index contributed by atoms with van der Waals surface area (Å²) in [6.07, 6.45) is -0.782. The summed E-state index contributed by atoms with van der Waals surface area (Å²) >= 11 is 0. The van der Waals surface area contributed by atoms with Crippen LogP contribution in [0.15, 0.2) is 18.2 Å². The summed E-state index contributed by atoms with van der Waals surface area (Å²) in [5, 5.41) is 9.77. The minimum absolute atomic E-state index is 0.000602. The molecule has 0 spiro atoms. The maximum atomic E-state index is 11.0. The highest BCUT2D eigenvalue weighted by Crippen LogP contribution is 2.19. The first-order valence-electron chi connectivity index (χ1n) is 4.86. The van der Waals surface area contributed by atoms with Gasteiger partial charge in [0.1, 0.15) is 0 Å². The summed E-state index contributed by atoms with van der Waals surface area (Å²) < 4.78 is 4.50. The molecule has 0 saturated heterocycles. The van der Waals surface area contributed by atoms with Crippen molar-refractivity contribution >= 4 is 5.97 Å². The van der Waals surface area contributed by atoms with E-state index in [0.717, 1.165) is 16.7 Å². The molecule has 0 aliphatic heterocycles. The SMILES string of the molecule is COC(=O)C[C@H](O)c1cc(C)cc(C)c1. The lowest BCUT2D eigenvalue weighted by Gasteiger charge is -2.11. The quantitative estimate of drug-likeness (QED) is 0.772. The Labute approximate surface area is 89.7 Å². The molecule has 0 unspecified atom stereocenters. The molecule has 0 fully saturated rings. The Hall–Kier alpha value is -1.35. The average molecular weight is 208 g/mol. The summed E-state index contributed by atoms with van der Waals surface area (Å²) in [5.41, 5.74) is 2.92. The highest BCUT2D eigenvalue weighted by atomic mass is 16.5. The van der Waals surface area contributed by atoms with Crippen LogP contribution in [-0.4, -0.2) is 18.2 Å². The minimum atomic E-state index is -0.781. The van der Waals surface area contributed by atoms with Gasteiger partial charge in [0, 0.05) is 0 Å². The monoisotopic (exact) mass is 208 g/mol. The number of methoxy groups -OCH3 is 1. The van der Waals surface area contributed by atoms with E-state index in [4.69, 9.17) is 0 Å². The molecule has 3 nitrogen and oxygen atoms in total. The van der Waals surface area contributed by atoms with Crippen molar-refractivity contribution in [3.63, 3.8) is 0 Å². The van der Waals surface area contributed by atoms with Crippen molar-refractivity contribution in [1.82, 2.24) is 0 Å². The minimum Gasteiger partial charge on any atom is -0.469 e. The average Bonchev–Trinajstić information content (AvgIpc) is 2.16. The third kappa shape index (κ3) is 3.36. The number of ether oxygens (including phenoxy) is 1. The number of carbonyl (C=O) groups is 1. The zero-order valence-corrected chi connectivity index (χ0v) is 9.28.